The molecule has 1 fully saturated rings. The van der Waals surface area contributed by atoms with Gasteiger partial charge in [-0.05, 0) is 48.4 Å². The van der Waals surface area contributed by atoms with Crippen LogP contribution >= 0.6 is 0 Å². The average molecular weight is 412 g/mol. The van der Waals surface area contributed by atoms with Gasteiger partial charge in [-0.15, -0.1) is 0 Å². The second kappa shape index (κ2) is 8.32. The van der Waals surface area contributed by atoms with Crippen LogP contribution in [0.25, 0.3) is 0 Å². The second-order valence-electron chi connectivity index (χ2n) is 6.79. The van der Waals surface area contributed by atoms with E-state index in [4.69, 9.17) is 0 Å². The lowest BCUT2D eigenvalue weighted by atomic mass is 9.87. The van der Waals surface area contributed by atoms with E-state index in [2.05, 4.69) is 16.0 Å². The van der Waals surface area contributed by atoms with E-state index in [0.29, 0.717) is 16.8 Å². The first-order valence-corrected chi connectivity index (χ1v) is 9.33. The summed E-state index contributed by atoms with van der Waals surface area (Å²) >= 11 is 0. The van der Waals surface area contributed by atoms with Crippen molar-refractivity contribution < 1.29 is 23.6 Å². The molecule has 0 radical (unpaired) electrons. The standard InChI is InChI=1S/C21H21FN4O4/c1-3-21(14-6-8-15(22)9-7-14)19(29)26(20(30)25-21)12-17(27)24-16-10-4-13(5-11-16)18(28)23-2/h4-11H,3,12H2,1-2H3,(H,23,28)(H,24,27)(H,25,30)/t21-/m1/s1. The first-order chi connectivity index (χ1) is 14.3. The molecule has 1 aliphatic heterocycles. The molecular weight excluding hydrogens is 391 g/mol. The number of carbonyl (C=O) groups is 4. The van der Waals surface area contributed by atoms with Crippen LogP contribution < -0.4 is 16.0 Å². The van der Waals surface area contributed by atoms with E-state index in [1.54, 1.807) is 31.2 Å². The van der Waals surface area contributed by atoms with Gasteiger partial charge in [0.2, 0.25) is 5.91 Å². The molecule has 1 saturated heterocycles. The maximum Gasteiger partial charge on any atom is 0.325 e. The minimum atomic E-state index is -1.35. The Hall–Kier alpha value is -3.75. The van der Waals surface area contributed by atoms with Gasteiger partial charge in [0.25, 0.3) is 11.8 Å². The van der Waals surface area contributed by atoms with E-state index >= 15 is 0 Å². The van der Waals surface area contributed by atoms with Gasteiger partial charge in [-0.3, -0.25) is 19.3 Å². The molecule has 0 unspecified atom stereocenters. The molecule has 1 heterocycles. The fourth-order valence-corrected chi connectivity index (χ4v) is 3.34. The minimum Gasteiger partial charge on any atom is -0.355 e. The molecule has 2 aromatic carbocycles. The lowest BCUT2D eigenvalue weighted by molar-refractivity contribution is -0.134. The van der Waals surface area contributed by atoms with E-state index < -0.39 is 35.7 Å². The number of benzene rings is 2. The van der Waals surface area contributed by atoms with E-state index in [1.807, 2.05) is 0 Å². The molecule has 156 valence electrons. The van der Waals surface area contributed by atoms with Crippen molar-refractivity contribution in [3.63, 3.8) is 0 Å². The molecule has 1 atom stereocenters. The summed E-state index contributed by atoms with van der Waals surface area (Å²) in [5.41, 5.74) is -0.0608. The van der Waals surface area contributed by atoms with Crippen molar-refractivity contribution >= 4 is 29.4 Å². The minimum absolute atomic E-state index is 0.238. The summed E-state index contributed by atoms with van der Waals surface area (Å²) in [6, 6.07) is 10.8. The first kappa shape index (κ1) is 21.0. The number of carbonyl (C=O) groups excluding carboxylic acids is 4. The first-order valence-electron chi connectivity index (χ1n) is 9.33. The molecule has 3 rings (SSSR count). The molecule has 0 aromatic heterocycles. The highest BCUT2D eigenvalue weighted by Gasteiger charge is 2.51. The third-order valence-corrected chi connectivity index (χ3v) is 5.00. The molecule has 8 nitrogen and oxygen atoms in total. The van der Waals surface area contributed by atoms with Crippen LogP contribution in [-0.4, -0.2) is 42.2 Å². The molecule has 2 aromatic rings. The summed E-state index contributed by atoms with van der Waals surface area (Å²) in [4.78, 5) is 50.3. The third-order valence-electron chi connectivity index (χ3n) is 5.00. The Morgan fingerprint density at radius 3 is 2.27 bits per heavy atom. The van der Waals surface area contributed by atoms with Crippen molar-refractivity contribution in [3.8, 4) is 0 Å². The number of anilines is 1. The highest BCUT2D eigenvalue weighted by Crippen LogP contribution is 2.32. The molecule has 30 heavy (non-hydrogen) atoms. The number of imide groups is 1. The fourth-order valence-electron chi connectivity index (χ4n) is 3.34. The van der Waals surface area contributed by atoms with Crippen LogP contribution in [0.3, 0.4) is 0 Å². The summed E-state index contributed by atoms with van der Waals surface area (Å²) in [7, 11) is 1.51. The van der Waals surface area contributed by atoms with E-state index in [1.165, 1.54) is 31.3 Å². The Morgan fingerprint density at radius 1 is 1.07 bits per heavy atom. The zero-order chi connectivity index (χ0) is 21.9. The lowest BCUT2D eigenvalue weighted by Gasteiger charge is -2.25. The van der Waals surface area contributed by atoms with Crippen molar-refractivity contribution in [2.24, 2.45) is 0 Å². The summed E-state index contributed by atoms with van der Waals surface area (Å²) in [5, 5.41) is 7.72. The predicted octanol–water partition coefficient (Wildman–Crippen LogP) is 1.98. The van der Waals surface area contributed by atoms with E-state index in [0.717, 1.165) is 4.90 Å². The topological polar surface area (TPSA) is 108 Å². The molecule has 9 heteroatoms. The van der Waals surface area contributed by atoms with Gasteiger partial charge in [0.15, 0.2) is 0 Å². The third kappa shape index (κ3) is 3.86. The van der Waals surface area contributed by atoms with E-state index in [-0.39, 0.29) is 12.3 Å². The lowest BCUT2D eigenvalue weighted by Crippen LogP contribution is -2.44. The van der Waals surface area contributed by atoms with Gasteiger partial charge < -0.3 is 16.0 Å². The van der Waals surface area contributed by atoms with Gasteiger partial charge in [0, 0.05) is 18.3 Å². The van der Waals surface area contributed by atoms with Crippen LogP contribution in [0.5, 0.6) is 0 Å². The number of nitrogens with one attached hydrogen (secondary N) is 3. The average Bonchev–Trinajstić information content (AvgIpc) is 2.99. The van der Waals surface area contributed by atoms with Crippen molar-refractivity contribution in [3.05, 3.63) is 65.5 Å². The quantitative estimate of drug-likeness (QED) is 0.631. The maximum atomic E-state index is 13.3. The van der Waals surface area contributed by atoms with Gasteiger partial charge in [0.1, 0.15) is 17.9 Å². The molecule has 0 bridgehead atoms. The van der Waals surface area contributed by atoms with Crippen LogP contribution in [0, 0.1) is 5.82 Å². The molecule has 0 aliphatic carbocycles. The summed E-state index contributed by atoms with van der Waals surface area (Å²) in [5.74, 6) is -1.87. The van der Waals surface area contributed by atoms with Gasteiger partial charge >= 0.3 is 6.03 Å². The maximum absolute atomic E-state index is 13.3. The van der Waals surface area contributed by atoms with Gasteiger partial charge in [-0.25, -0.2) is 9.18 Å². The molecule has 1 aliphatic rings. The Balaban J connectivity index is 1.72. The molecule has 5 amide bonds. The highest BCUT2D eigenvalue weighted by molar-refractivity contribution is 6.10. The molecular formula is C21H21FN4O4. The number of amides is 5. The van der Waals surface area contributed by atoms with Gasteiger partial charge in [-0.1, -0.05) is 19.1 Å². The van der Waals surface area contributed by atoms with Crippen LogP contribution in [-0.2, 0) is 15.1 Å². The normalized spacial score (nSPS) is 18.2. The van der Waals surface area contributed by atoms with Crippen LogP contribution in [0.1, 0.15) is 29.3 Å². The SMILES string of the molecule is CC[C@]1(c2ccc(F)cc2)NC(=O)N(CC(=O)Nc2ccc(C(=O)NC)cc2)C1=O. The highest BCUT2D eigenvalue weighted by atomic mass is 19.1. The molecule has 0 saturated carbocycles. The van der Waals surface area contributed by atoms with Crippen molar-refractivity contribution in [1.29, 1.82) is 0 Å². The number of hydrogen-bond acceptors (Lipinski definition) is 4. The van der Waals surface area contributed by atoms with Crippen molar-refractivity contribution in [1.82, 2.24) is 15.5 Å². The Labute approximate surface area is 172 Å². The van der Waals surface area contributed by atoms with Gasteiger partial charge in [0.05, 0.1) is 0 Å². The summed E-state index contributed by atoms with van der Waals surface area (Å²) < 4.78 is 13.3. The number of urea groups is 1. The van der Waals surface area contributed by atoms with Crippen molar-refractivity contribution in [2.45, 2.75) is 18.9 Å². The Morgan fingerprint density at radius 2 is 1.70 bits per heavy atom. The zero-order valence-corrected chi connectivity index (χ0v) is 16.5. The molecule has 0 spiro atoms. The largest absolute Gasteiger partial charge is 0.355 e. The van der Waals surface area contributed by atoms with Crippen LogP contribution in [0.2, 0.25) is 0 Å². The smallest absolute Gasteiger partial charge is 0.325 e. The number of hydrogen-bond donors (Lipinski definition) is 3. The Kier molecular flexibility index (Phi) is 5.81. The van der Waals surface area contributed by atoms with Gasteiger partial charge in [-0.2, -0.15) is 0 Å². The Bertz CT molecular complexity index is 991. The van der Waals surface area contributed by atoms with Crippen LogP contribution in [0.15, 0.2) is 48.5 Å². The molecule has 3 N–H and O–H groups in total. The number of halogens is 1. The zero-order valence-electron chi connectivity index (χ0n) is 16.5. The predicted molar refractivity (Wildman–Crippen MR) is 107 cm³/mol. The second-order valence-corrected chi connectivity index (χ2v) is 6.79. The monoisotopic (exact) mass is 412 g/mol. The number of nitrogens with zero attached hydrogens (tertiary/aromatic N) is 1. The van der Waals surface area contributed by atoms with E-state index in [9.17, 15) is 23.6 Å². The summed E-state index contributed by atoms with van der Waals surface area (Å²) in [6.45, 7) is 1.24. The fraction of sp³-hybridized carbons (Fsp3) is 0.238. The number of rotatable bonds is 6. The van der Waals surface area contributed by atoms with Crippen LogP contribution in [0.4, 0.5) is 14.9 Å². The summed E-state index contributed by atoms with van der Waals surface area (Å²) in [6.07, 6.45) is 0.238. The van der Waals surface area contributed by atoms with Crippen molar-refractivity contribution in [2.75, 3.05) is 18.9 Å².